The molecule has 0 unspecified atom stereocenters. The lowest BCUT2D eigenvalue weighted by atomic mass is 10.2. The van der Waals surface area contributed by atoms with Gasteiger partial charge in [-0.3, -0.25) is 4.98 Å². The van der Waals surface area contributed by atoms with Gasteiger partial charge in [-0.15, -0.1) is 24.8 Å². The molecule has 2 aromatic rings. The molecule has 0 aliphatic carbocycles. The van der Waals surface area contributed by atoms with Crippen LogP contribution in [0.5, 0.6) is 0 Å². The predicted octanol–water partition coefficient (Wildman–Crippen LogP) is 1.24. The van der Waals surface area contributed by atoms with Crippen molar-refractivity contribution in [3.05, 3.63) is 36.7 Å². The number of halogens is 2. The molecule has 3 N–H and O–H groups in total. The maximum Gasteiger partial charge on any atom is 0.243 e. The van der Waals surface area contributed by atoms with Crippen molar-refractivity contribution in [2.75, 3.05) is 26.2 Å². The van der Waals surface area contributed by atoms with Gasteiger partial charge in [-0.25, -0.2) is 8.42 Å². The summed E-state index contributed by atoms with van der Waals surface area (Å²) >= 11 is 0. The van der Waals surface area contributed by atoms with Gasteiger partial charge in [0, 0.05) is 42.8 Å². The van der Waals surface area contributed by atoms with E-state index in [1.165, 1.54) is 0 Å². The highest BCUT2D eigenvalue weighted by Gasteiger charge is 2.26. The van der Waals surface area contributed by atoms with Crippen molar-refractivity contribution in [1.82, 2.24) is 14.6 Å². The van der Waals surface area contributed by atoms with E-state index in [4.69, 9.17) is 0 Å². The van der Waals surface area contributed by atoms with Crippen LogP contribution in [0, 0.1) is 0 Å². The predicted molar refractivity (Wildman–Crippen MR) is 96.1 cm³/mol. The molecular formula is C14H21Cl2N3O3S. The molecule has 0 saturated carbocycles. The number of sulfonamides is 1. The number of rotatable bonds is 2. The third kappa shape index (κ3) is 4.53. The lowest BCUT2D eigenvalue weighted by Crippen LogP contribution is -2.34. The van der Waals surface area contributed by atoms with Crippen molar-refractivity contribution in [3.8, 4) is 0 Å². The van der Waals surface area contributed by atoms with Crippen LogP contribution in [0.4, 0.5) is 0 Å². The molecule has 0 bridgehead atoms. The second-order valence-electron chi connectivity index (χ2n) is 4.86. The first-order valence-corrected chi connectivity index (χ1v) is 8.17. The third-order valence-corrected chi connectivity index (χ3v) is 5.51. The maximum atomic E-state index is 12.8. The Morgan fingerprint density at radius 1 is 1.09 bits per heavy atom. The Kier molecular flexibility index (Phi) is 8.97. The first-order chi connectivity index (χ1) is 9.69. The zero-order chi connectivity index (χ0) is 14.0. The SMILES string of the molecule is Cl.Cl.O.O=S(=O)(c1cccc2cnccc12)N1CCCNCC1. The fourth-order valence-corrected chi connectivity index (χ4v) is 4.21. The van der Waals surface area contributed by atoms with Crippen molar-refractivity contribution in [1.29, 1.82) is 0 Å². The summed E-state index contributed by atoms with van der Waals surface area (Å²) in [5, 5.41) is 4.81. The van der Waals surface area contributed by atoms with E-state index < -0.39 is 10.0 Å². The summed E-state index contributed by atoms with van der Waals surface area (Å²) < 4.78 is 27.2. The van der Waals surface area contributed by atoms with Gasteiger partial charge in [-0.2, -0.15) is 4.31 Å². The van der Waals surface area contributed by atoms with E-state index in [0.717, 1.165) is 23.7 Å². The summed E-state index contributed by atoms with van der Waals surface area (Å²) in [6.45, 7) is 2.65. The van der Waals surface area contributed by atoms with Crippen molar-refractivity contribution in [2.24, 2.45) is 0 Å². The normalized spacial score (nSPS) is 15.7. The van der Waals surface area contributed by atoms with Crippen LogP contribution in [0.2, 0.25) is 0 Å². The van der Waals surface area contributed by atoms with E-state index in [0.29, 0.717) is 24.5 Å². The molecule has 1 fully saturated rings. The minimum Gasteiger partial charge on any atom is -0.412 e. The second-order valence-corrected chi connectivity index (χ2v) is 6.77. The van der Waals surface area contributed by atoms with E-state index in [1.807, 2.05) is 6.07 Å². The van der Waals surface area contributed by atoms with E-state index >= 15 is 0 Å². The Bertz CT molecular complexity index is 715. The van der Waals surface area contributed by atoms with Crippen LogP contribution in [0.15, 0.2) is 41.6 Å². The molecule has 23 heavy (non-hydrogen) atoms. The number of benzene rings is 1. The molecule has 6 nitrogen and oxygen atoms in total. The van der Waals surface area contributed by atoms with Crippen molar-refractivity contribution < 1.29 is 13.9 Å². The monoisotopic (exact) mass is 381 g/mol. The molecule has 3 rings (SSSR count). The van der Waals surface area contributed by atoms with Gasteiger partial charge in [0.25, 0.3) is 0 Å². The minimum atomic E-state index is -3.45. The van der Waals surface area contributed by atoms with Gasteiger partial charge in [0.05, 0.1) is 4.90 Å². The largest absolute Gasteiger partial charge is 0.412 e. The summed E-state index contributed by atoms with van der Waals surface area (Å²) in [6, 6.07) is 7.09. The minimum absolute atomic E-state index is 0. The molecule has 1 aromatic carbocycles. The fraction of sp³-hybridized carbons (Fsp3) is 0.357. The molecule has 1 aliphatic rings. The highest BCUT2D eigenvalue weighted by atomic mass is 35.5. The average molecular weight is 382 g/mol. The van der Waals surface area contributed by atoms with Crippen molar-refractivity contribution in [2.45, 2.75) is 11.3 Å². The number of hydrogen-bond acceptors (Lipinski definition) is 4. The van der Waals surface area contributed by atoms with E-state index in [1.54, 1.807) is 34.9 Å². The average Bonchev–Trinajstić information content (AvgIpc) is 2.76. The van der Waals surface area contributed by atoms with Gasteiger partial charge < -0.3 is 10.8 Å². The van der Waals surface area contributed by atoms with Gasteiger partial charge in [0.2, 0.25) is 10.0 Å². The highest BCUT2D eigenvalue weighted by molar-refractivity contribution is 7.89. The van der Waals surface area contributed by atoms with Gasteiger partial charge in [0.15, 0.2) is 0 Å². The molecule has 1 aromatic heterocycles. The first kappa shape index (κ1) is 22.0. The smallest absolute Gasteiger partial charge is 0.243 e. The van der Waals surface area contributed by atoms with Crippen molar-refractivity contribution >= 4 is 45.6 Å². The number of nitrogens with one attached hydrogen (secondary N) is 1. The Morgan fingerprint density at radius 3 is 2.65 bits per heavy atom. The quantitative estimate of drug-likeness (QED) is 0.846. The van der Waals surface area contributed by atoms with Crippen LogP contribution < -0.4 is 5.32 Å². The summed E-state index contributed by atoms with van der Waals surface area (Å²) in [5.74, 6) is 0. The van der Waals surface area contributed by atoms with Gasteiger partial charge >= 0.3 is 0 Å². The lowest BCUT2D eigenvalue weighted by Gasteiger charge is -2.20. The van der Waals surface area contributed by atoms with Crippen LogP contribution in [-0.2, 0) is 10.0 Å². The fourth-order valence-electron chi connectivity index (χ4n) is 2.52. The number of nitrogens with zero attached hydrogens (tertiary/aromatic N) is 2. The number of pyridine rings is 1. The molecule has 0 amide bonds. The Labute approximate surface area is 148 Å². The number of fused-ring (bicyclic) bond motifs is 1. The third-order valence-electron chi connectivity index (χ3n) is 3.56. The van der Waals surface area contributed by atoms with Gasteiger partial charge in [-0.1, -0.05) is 12.1 Å². The van der Waals surface area contributed by atoms with Crippen LogP contribution in [0.3, 0.4) is 0 Å². The lowest BCUT2D eigenvalue weighted by molar-refractivity contribution is 0.432. The van der Waals surface area contributed by atoms with E-state index in [-0.39, 0.29) is 30.3 Å². The molecular weight excluding hydrogens is 361 g/mol. The number of hydrogen-bond donors (Lipinski definition) is 1. The molecule has 2 heterocycles. The molecule has 0 atom stereocenters. The van der Waals surface area contributed by atoms with Crippen LogP contribution >= 0.6 is 24.8 Å². The van der Waals surface area contributed by atoms with Crippen LogP contribution in [0.1, 0.15) is 6.42 Å². The van der Waals surface area contributed by atoms with E-state index in [9.17, 15) is 8.42 Å². The number of aromatic nitrogens is 1. The molecule has 0 spiro atoms. The van der Waals surface area contributed by atoms with Gasteiger partial charge in [0.1, 0.15) is 0 Å². The molecule has 9 heteroatoms. The Balaban J connectivity index is 0.00000161. The molecule has 130 valence electrons. The highest BCUT2D eigenvalue weighted by Crippen LogP contribution is 2.25. The Morgan fingerprint density at radius 2 is 1.87 bits per heavy atom. The molecule has 1 aliphatic heterocycles. The molecule has 0 radical (unpaired) electrons. The summed E-state index contributed by atoms with van der Waals surface area (Å²) in [6.07, 6.45) is 4.16. The maximum absolute atomic E-state index is 12.8. The van der Waals surface area contributed by atoms with Crippen LogP contribution in [-0.4, -0.2) is 49.4 Å². The summed E-state index contributed by atoms with van der Waals surface area (Å²) in [7, 11) is -3.45. The zero-order valence-electron chi connectivity index (χ0n) is 12.4. The van der Waals surface area contributed by atoms with Gasteiger partial charge in [-0.05, 0) is 25.1 Å². The second kappa shape index (κ2) is 9.36. The topological polar surface area (TPSA) is 93.8 Å². The summed E-state index contributed by atoms with van der Waals surface area (Å²) in [5.41, 5.74) is 0. The van der Waals surface area contributed by atoms with Crippen LogP contribution in [0.25, 0.3) is 10.8 Å². The Hall–Kier alpha value is -0.960. The molecule has 1 saturated heterocycles. The van der Waals surface area contributed by atoms with E-state index in [2.05, 4.69) is 10.3 Å². The standard InChI is InChI=1S/C14H17N3O2S.2ClH.H2O/c18-20(19,17-9-2-6-15-8-10-17)14-4-1-3-12-11-16-7-5-13(12)14;;;/h1,3-5,7,11,15H,2,6,8-10H2;2*1H;1H2. The van der Waals surface area contributed by atoms with Crippen molar-refractivity contribution in [3.63, 3.8) is 0 Å². The first-order valence-electron chi connectivity index (χ1n) is 6.73. The summed E-state index contributed by atoms with van der Waals surface area (Å²) in [4.78, 5) is 4.42. The zero-order valence-corrected chi connectivity index (χ0v) is 14.9.